The van der Waals surface area contributed by atoms with Gasteiger partial charge in [0, 0.05) is 0 Å². The highest BCUT2D eigenvalue weighted by Crippen LogP contribution is 2.60. The number of ether oxygens (including phenoxy) is 1. The van der Waals surface area contributed by atoms with Crippen LogP contribution in [0.3, 0.4) is 0 Å². The Morgan fingerprint density at radius 1 is 1.14 bits per heavy atom. The minimum atomic E-state index is -0.188. The first-order valence-electron chi connectivity index (χ1n) is 10.3. The SMILES string of the molecule is COc1ccccc1-c1nnc2sc(NC(=O)C34CC5CC(CC(C5)C3)C4)nn12. The van der Waals surface area contributed by atoms with Crippen LogP contribution in [-0.4, -0.2) is 32.8 Å². The molecule has 8 heteroatoms. The van der Waals surface area contributed by atoms with Gasteiger partial charge in [0.05, 0.1) is 18.1 Å². The van der Waals surface area contributed by atoms with Crippen LogP contribution in [0.4, 0.5) is 5.13 Å². The minimum Gasteiger partial charge on any atom is -0.496 e. The van der Waals surface area contributed by atoms with E-state index >= 15 is 0 Å². The molecule has 4 saturated carbocycles. The number of rotatable bonds is 4. The highest BCUT2D eigenvalue weighted by molar-refractivity contribution is 7.20. The van der Waals surface area contributed by atoms with E-state index in [1.807, 2.05) is 24.3 Å². The second-order valence-corrected chi connectivity index (χ2v) is 9.93. The largest absolute Gasteiger partial charge is 0.496 e. The summed E-state index contributed by atoms with van der Waals surface area (Å²) in [5.74, 6) is 3.70. The molecule has 150 valence electrons. The topological polar surface area (TPSA) is 81.4 Å². The van der Waals surface area contributed by atoms with E-state index in [9.17, 15) is 4.79 Å². The molecular formula is C21H23N5O2S. The maximum Gasteiger partial charge on any atom is 0.236 e. The first-order valence-corrected chi connectivity index (χ1v) is 11.1. The van der Waals surface area contributed by atoms with E-state index in [0.717, 1.165) is 42.6 Å². The Labute approximate surface area is 172 Å². The lowest BCUT2D eigenvalue weighted by molar-refractivity contribution is -0.140. The number of para-hydroxylation sites is 1. The number of methoxy groups -OCH3 is 1. The normalized spacial score (nSPS) is 30.0. The van der Waals surface area contributed by atoms with E-state index in [2.05, 4.69) is 20.6 Å². The lowest BCUT2D eigenvalue weighted by Crippen LogP contribution is -2.51. The van der Waals surface area contributed by atoms with Gasteiger partial charge in [-0.2, -0.15) is 4.52 Å². The number of anilines is 1. The maximum atomic E-state index is 13.3. The second-order valence-electron chi connectivity index (χ2n) is 8.98. The van der Waals surface area contributed by atoms with E-state index in [1.165, 1.54) is 30.6 Å². The smallest absolute Gasteiger partial charge is 0.236 e. The predicted octanol–water partition coefficient (Wildman–Crippen LogP) is 4.02. The molecule has 4 aliphatic carbocycles. The number of hydrogen-bond donors (Lipinski definition) is 1. The zero-order valence-electron chi connectivity index (χ0n) is 16.3. The second kappa shape index (κ2) is 6.26. The Morgan fingerprint density at radius 2 is 1.83 bits per heavy atom. The summed E-state index contributed by atoms with van der Waals surface area (Å²) in [5.41, 5.74) is 0.637. The van der Waals surface area contributed by atoms with Crippen LogP contribution in [0.5, 0.6) is 5.75 Å². The molecule has 1 aromatic carbocycles. The van der Waals surface area contributed by atoms with Crippen molar-refractivity contribution < 1.29 is 9.53 Å². The Kier molecular flexibility index (Phi) is 3.75. The summed E-state index contributed by atoms with van der Waals surface area (Å²) in [4.78, 5) is 14.0. The van der Waals surface area contributed by atoms with Crippen molar-refractivity contribution in [3.8, 4) is 17.1 Å². The van der Waals surface area contributed by atoms with Crippen LogP contribution in [0.15, 0.2) is 24.3 Å². The number of benzene rings is 1. The van der Waals surface area contributed by atoms with Crippen molar-refractivity contribution in [2.75, 3.05) is 12.4 Å². The van der Waals surface area contributed by atoms with E-state index < -0.39 is 0 Å². The van der Waals surface area contributed by atoms with Gasteiger partial charge in [-0.05, 0) is 68.4 Å². The standard InChI is InChI=1S/C21H23N5O2S/c1-28-16-5-3-2-4-15(16)17-23-24-20-26(17)25-19(29-20)22-18(27)21-9-12-6-13(10-21)8-14(7-12)11-21/h2-5,12-14H,6-11H2,1H3,(H,22,25,27). The zero-order chi connectivity index (χ0) is 19.6. The van der Waals surface area contributed by atoms with Gasteiger partial charge >= 0.3 is 0 Å². The van der Waals surface area contributed by atoms with E-state index in [4.69, 9.17) is 4.74 Å². The van der Waals surface area contributed by atoms with E-state index in [0.29, 0.717) is 21.7 Å². The molecule has 0 spiro atoms. The number of hydrogen-bond acceptors (Lipinski definition) is 6. The van der Waals surface area contributed by atoms with Gasteiger partial charge in [-0.15, -0.1) is 15.3 Å². The van der Waals surface area contributed by atoms with Gasteiger partial charge in [0.2, 0.25) is 16.0 Å². The van der Waals surface area contributed by atoms with Crippen molar-refractivity contribution in [3.05, 3.63) is 24.3 Å². The van der Waals surface area contributed by atoms with Crippen molar-refractivity contribution in [1.29, 1.82) is 0 Å². The van der Waals surface area contributed by atoms with Gasteiger partial charge in [0.15, 0.2) is 5.82 Å². The first-order chi connectivity index (χ1) is 14.1. The van der Waals surface area contributed by atoms with Gasteiger partial charge in [0.25, 0.3) is 0 Å². The molecule has 4 fully saturated rings. The van der Waals surface area contributed by atoms with Crippen molar-refractivity contribution in [1.82, 2.24) is 19.8 Å². The van der Waals surface area contributed by atoms with Crippen LogP contribution >= 0.6 is 11.3 Å². The van der Waals surface area contributed by atoms with E-state index in [-0.39, 0.29) is 11.3 Å². The van der Waals surface area contributed by atoms with Gasteiger partial charge in [-0.25, -0.2) is 0 Å². The van der Waals surface area contributed by atoms with E-state index in [1.54, 1.807) is 11.6 Å². The summed E-state index contributed by atoms with van der Waals surface area (Å²) in [6.07, 6.45) is 7.10. The van der Waals surface area contributed by atoms with Gasteiger partial charge < -0.3 is 10.1 Å². The minimum absolute atomic E-state index is 0.153. The number of fused-ring (bicyclic) bond motifs is 1. The Bertz CT molecular complexity index is 1070. The number of aromatic nitrogens is 4. The number of carbonyl (C=O) groups is 1. The molecule has 0 unspecified atom stereocenters. The molecule has 1 amide bonds. The molecule has 0 aliphatic heterocycles. The molecule has 0 atom stereocenters. The lowest BCUT2D eigenvalue weighted by atomic mass is 9.49. The maximum absolute atomic E-state index is 13.3. The van der Waals surface area contributed by atoms with Crippen LogP contribution in [0.25, 0.3) is 16.3 Å². The van der Waals surface area contributed by atoms with Crippen LogP contribution in [0.2, 0.25) is 0 Å². The Hall–Kier alpha value is -2.48. The fourth-order valence-corrected chi connectivity index (χ4v) is 7.02. The Morgan fingerprint density at radius 3 is 2.52 bits per heavy atom. The summed E-state index contributed by atoms with van der Waals surface area (Å²) in [6.45, 7) is 0. The molecule has 2 heterocycles. The van der Waals surface area contributed by atoms with Crippen LogP contribution < -0.4 is 10.1 Å². The summed E-state index contributed by atoms with van der Waals surface area (Å²) in [7, 11) is 1.63. The van der Waals surface area contributed by atoms with Gasteiger partial charge in [-0.3, -0.25) is 4.79 Å². The molecule has 4 aliphatic rings. The number of carbonyl (C=O) groups excluding carboxylic acids is 1. The lowest BCUT2D eigenvalue weighted by Gasteiger charge is -2.55. The number of amides is 1. The molecule has 7 nitrogen and oxygen atoms in total. The molecular weight excluding hydrogens is 386 g/mol. The summed E-state index contributed by atoms with van der Waals surface area (Å²) in [5, 5.41) is 16.9. The van der Waals surface area contributed by atoms with Gasteiger partial charge in [-0.1, -0.05) is 23.5 Å². The molecule has 7 rings (SSSR count). The van der Waals surface area contributed by atoms with Crippen LogP contribution in [-0.2, 0) is 4.79 Å². The molecule has 1 N–H and O–H groups in total. The molecule has 29 heavy (non-hydrogen) atoms. The molecule has 0 radical (unpaired) electrons. The highest BCUT2D eigenvalue weighted by Gasteiger charge is 2.54. The van der Waals surface area contributed by atoms with Crippen molar-refractivity contribution in [2.24, 2.45) is 23.2 Å². The highest BCUT2D eigenvalue weighted by atomic mass is 32.1. The van der Waals surface area contributed by atoms with Gasteiger partial charge in [0.1, 0.15) is 5.75 Å². The molecule has 0 saturated heterocycles. The average molecular weight is 410 g/mol. The fraction of sp³-hybridized carbons (Fsp3) is 0.524. The molecule has 4 bridgehead atoms. The first kappa shape index (κ1) is 17.4. The monoisotopic (exact) mass is 409 g/mol. The summed E-state index contributed by atoms with van der Waals surface area (Å²) in [6, 6.07) is 7.67. The third-order valence-corrected chi connectivity index (χ3v) is 7.89. The van der Waals surface area contributed by atoms with Crippen molar-refractivity contribution >= 4 is 27.3 Å². The quantitative estimate of drug-likeness (QED) is 0.704. The summed E-state index contributed by atoms with van der Waals surface area (Å²) >= 11 is 1.36. The Balaban J connectivity index is 1.30. The van der Waals surface area contributed by atoms with Crippen molar-refractivity contribution in [3.63, 3.8) is 0 Å². The van der Waals surface area contributed by atoms with Crippen molar-refractivity contribution in [2.45, 2.75) is 38.5 Å². The van der Waals surface area contributed by atoms with Crippen LogP contribution in [0.1, 0.15) is 38.5 Å². The fourth-order valence-electron chi connectivity index (χ4n) is 6.28. The zero-order valence-corrected chi connectivity index (χ0v) is 17.1. The molecule has 2 aromatic heterocycles. The predicted molar refractivity (Wildman–Crippen MR) is 110 cm³/mol. The number of nitrogens with one attached hydrogen (secondary N) is 1. The van der Waals surface area contributed by atoms with Crippen LogP contribution in [0, 0.1) is 23.2 Å². The number of nitrogens with zero attached hydrogens (tertiary/aromatic N) is 4. The average Bonchev–Trinajstić information content (AvgIpc) is 3.27. The molecule has 3 aromatic rings. The third kappa shape index (κ3) is 2.68. The third-order valence-electron chi connectivity index (χ3n) is 7.08. The summed E-state index contributed by atoms with van der Waals surface area (Å²) < 4.78 is 7.14.